The molecule has 1 atom stereocenters. The first kappa shape index (κ1) is 12.0. The van der Waals surface area contributed by atoms with Crippen LogP contribution in [0.3, 0.4) is 0 Å². The predicted molar refractivity (Wildman–Crippen MR) is 74.8 cm³/mol. The van der Waals surface area contributed by atoms with Gasteiger partial charge in [0, 0.05) is 21.9 Å². The molecule has 1 unspecified atom stereocenters. The number of halogens is 1. The van der Waals surface area contributed by atoms with Gasteiger partial charge in [-0.05, 0) is 34.1 Å². The van der Waals surface area contributed by atoms with Crippen LogP contribution in [0, 0.1) is 0 Å². The van der Waals surface area contributed by atoms with Crippen LogP contribution in [0.2, 0.25) is 0 Å². The number of fused-ring (bicyclic) bond motifs is 1. The van der Waals surface area contributed by atoms with Crippen molar-refractivity contribution in [2.75, 3.05) is 11.1 Å². The normalized spacial score (nSPS) is 17.3. The summed E-state index contributed by atoms with van der Waals surface area (Å²) in [5.41, 5.74) is 7.02. The van der Waals surface area contributed by atoms with Crippen molar-refractivity contribution in [1.82, 2.24) is 4.98 Å². The van der Waals surface area contributed by atoms with Gasteiger partial charge in [0.25, 0.3) is 5.91 Å². The van der Waals surface area contributed by atoms with Crippen LogP contribution in [0.25, 0.3) is 0 Å². The molecule has 1 aliphatic heterocycles. The molecule has 19 heavy (non-hydrogen) atoms. The summed E-state index contributed by atoms with van der Waals surface area (Å²) in [4.78, 5) is 16.1. The predicted octanol–water partition coefficient (Wildman–Crippen LogP) is 2.50. The second-order valence-corrected chi connectivity index (χ2v) is 5.07. The Balaban J connectivity index is 1.96. The van der Waals surface area contributed by atoms with Gasteiger partial charge in [0.15, 0.2) is 11.6 Å². The largest absolute Gasteiger partial charge is 0.472 e. The molecule has 0 radical (unpaired) electrons. The number of nitrogens with zero attached hydrogens (tertiary/aromatic N) is 1. The second-order valence-electron chi connectivity index (χ2n) is 4.15. The number of hydrogen-bond acceptors (Lipinski definition) is 4. The number of aromatic nitrogens is 1. The number of benzene rings is 1. The molecule has 0 fully saturated rings. The molecule has 2 aromatic rings. The van der Waals surface area contributed by atoms with Crippen LogP contribution < -0.4 is 15.8 Å². The molecule has 1 aliphatic rings. The Morgan fingerprint density at radius 2 is 2.05 bits per heavy atom. The number of carbonyl (C=O) groups is 1. The lowest BCUT2D eigenvalue weighted by Crippen LogP contribution is -2.30. The molecule has 0 saturated heterocycles. The number of hydrogen-bond donors (Lipinski definition) is 2. The summed E-state index contributed by atoms with van der Waals surface area (Å²) in [6.45, 7) is 0. The van der Waals surface area contributed by atoms with Crippen molar-refractivity contribution in [3.05, 3.63) is 46.6 Å². The van der Waals surface area contributed by atoms with Gasteiger partial charge < -0.3 is 15.8 Å². The Morgan fingerprint density at radius 3 is 2.79 bits per heavy atom. The number of amides is 1. The Hall–Kier alpha value is -2.08. The number of rotatable bonds is 1. The minimum Gasteiger partial charge on any atom is -0.472 e. The zero-order valence-electron chi connectivity index (χ0n) is 9.76. The summed E-state index contributed by atoms with van der Waals surface area (Å²) in [6, 6.07) is 8.79. The summed E-state index contributed by atoms with van der Waals surface area (Å²) in [7, 11) is 0. The summed E-state index contributed by atoms with van der Waals surface area (Å²) >= 11 is 3.32. The first-order chi connectivity index (χ1) is 9.13. The maximum atomic E-state index is 12.0. The van der Waals surface area contributed by atoms with Gasteiger partial charge in [-0.25, -0.2) is 4.98 Å². The zero-order chi connectivity index (χ0) is 13.4. The summed E-state index contributed by atoms with van der Waals surface area (Å²) < 4.78 is 6.50. The summed E-state index contributed by atoms with van der Waals surface area (Å²) in [5, 5.41) is 2.72. The molecule has 96 valence electrons. The first-order valence-electron chi connectivity index (χ1n) is 5.62. The van der Waals surface area contributed by atoms with Crippen molar-refractivity contribution < 1.29 is 9.53 Å². The van der Waals surface area contributed by atoms with Crippen molar-refractivity contribution in [1.29, 1.82) is 0 Å². The van der Waals surface area contributed by atoms with Crippen LogP contribution in [-0.2, 0) is 4.79 Å². The van der Waals surface area contributed by atoms with Gasteiger partial charge in [0.2, 0.25) is 6.10 Å². The van der Waals surface area contributed by atoms with E-state index in [1.807, 2.05) is 0 Å². The van der Waals surface area contributed by atoms with Crippen molar-refractivity contribution in [3.8, 4) is 5.75 Å². The molecule has 6 heteroatoms. The number of ether oxygens (including phenoxy) is 1. The zero-order valence-corrected chi connectivity index (χ0v) is 11.3. The van der Waals surface area contributed by atoms with E-state index in [4.69, 9.17) is 10.5 Å². The number of pyridine rings is 1. The third-order valence-corrected chi connectivity index (χ3v) is 3.22. The molecule has 1 amide bonds. The maximum absolute atomic E-state index is 12.0. The quantitative estimate of drug-likeness (QED) is 0.792. The van der Waals surface area contributed by atoms with Crippen molar-refractivity contribution in [2.24, 2.45) is 0 Å². The van der Waals surface area contributed by atoms with Crippen LogP contribution in [0.15, 0.2) is 41.0 Å². The monoisotopic (exact) mass is 319 g/mol. The molecular formula is C13H10BrN3O2. The number of nitrogens with two attached hydrogens (primary N) is 1. The van der Waals surface area contributed by atoms with E-state index in [1.54, 1.807) is 36.5 Å². The first-order valence-corrected chi connectivity index (χ1v) is 6.41. The van der Waals surface area contributed by atoms with Gasteiger partial charge in [0.05, 0.1) is 0 Å². The van der Waals surface area contributed by atoms with E-state index in [-0.39, 0.29) is 5.91 Å². The highest BCUT2D eigenvalue weighted by atomic mass is 79.9. The summed E-state index contributed by atoms with van der Waals surface area (Å²) in [5.74, 6) is 0.725. The molecular weight excluding hydrogens is 310 g/mol. The highest BCUT2D eigenvalue weighted by molar-refractivity contribution is 9.10. The Bertz CT molecular complexity index is 643. The molecule has 0 aliphatic carbocycles. The Morgan fingerprint density at radius 1 is 1.32 bits per heavy atom. The Labute approximate surface area is 117 Å². The van der Waals surface area contributed by atoms with E-state index in [0.717, 1.165) is 10.0 Å². The lowest BCUT2D eigenvalue weighted by atomic mass is 10.1. The molecule has 5 nitrogen and oxygen atoms in total. The van der Waals surface area contributed by atoms with Gasteiger partial charge in [-0.2, -0.15) is 0 Å². The second kappa shape index (κ2) is 4.55. The van der Waals surface area contributed by atoms with Gasteiger partial charge >= 0.3 is 0 Å². The average molecular weight is 320 g/mol. The van der Waals surface area contributed by atoms with Crippen LogP contribution in [-0.4, -0.2) is 10.9 Å². The van der Waals surface area contributed by atoms with E-state index in [0.29, 0.717) is 17.3 Å². The molecule has 0 saturated carbocycles. The van der Waals surface area contributed by atoms with Gasteiger partial charge in [0.1, 0.15) is 0 Å². The SMILES string of the molecule is Nc1ccc(C2Oc3cc(Br)cnc3NC2=O)cc1. The molecule has 0 spiro atoms. The number of carbonyl (C=O) groups excluding carboxylic acids is 1. The minimum absolute atomic E-state index is 0.243. The third-order valence-electron chi connectivity index (χ3n) is 2.78. The van der Waals surface area contributed by atoms with E-state index in [2.05, 4.69) is 26.2 Å². The van der Waals surface area contributed by atoms with E-state index in [9.17, 15) is 4.79 Å². The maximum Gasteiger partial charge on any atom is 0.271 e. The molecule has 2 heterocycles. The fourth-order valence-electron chi connectivity index (χ4n) is 1.86. The van der Waals surface area contributed by atoms with Gasteiger partial charge in [-0.3, -0.25) is 4.79 Å². The minimum atomic E-state index is -0.691. The standard InChI is InChI=1S/C13H10BrN3O2/c14-8-5-10-12(16-6-8)17-13(18)11(19-10)7-1-3-9(15)4-2-7/h1-6,11H,15H2,(H,16,17,18). The van der Waals surface area contributed by atoms with Gasteiger partial charge in [-0.1, -0.05) is 12.1 Å². The number of anilines is 2. The number of nitrogens with one attached hydrogen (secondary N) is 1. The fourth-order valence-corrected chi connectivity index (χ4v) is 2.17. The van der Waals surface area contributed by atoms with Crippen molar-refractivity contribution in [2.45, 2.75) is 6.10 Å². The van der Waals surface area contributed by atoms with Crippen LogP contribution in [0.1, 0.15) is 11.7 Å². The lowest BCUT2D eigenvalue weighted by molar-refractivity contribution is -0.123. The summed E-state index contributed by atoms with van der Waals surface area (Å²) in [6.07, 6.45) is 0.913. The van der Waals surface area contributed by atoms with Crippen molar-refractivity contribution >= 4 is 33.3 Å². The molecule has 0 bridgehead atoms. The van der Waals surface area contributed by atoms with E-state index in [1.165, 1.54) is 0 Å². The topological polar surface area (TPSA) is 77.2 Å². The smallest absolute Gasteiger partial charge is 0.271 e. The lowest BCUT2D eigenvalue weighted by Gasteiger charge is -2.25. The molecule has 3 rings (SSSR count). The molecule has 1 aromatic heterocycles. The van der Waals surface area contributed by atoms with E-state index >= 15 is 0 Å². The Kier molecular flexibility index (Phi) is 2.87. The highest BCUT2D eigenvalue weighted by Crippen LogP contribution is 2.35. The fraction of sp³-hybridized carbons (Fsp3) is 0.0769. The highest BCUT2D eigenvalue weighted by Gasteiger charge is 2.29. The molecule has 1 aromatic carbocycles. The van der Waals surface area contributed by atoms with Crippen molar-refractivity contribution in [3.63, 3.8) is 0 Å². The van der Waals surface area contributed by atoms with Crippen LogP contribution in [0.5, 0.6) is 5.75 Å². The van der Waals surface area contributed by atoms with Crippen LogP contribution >= 0.6 is 15.9 Å². The van der Waals surface area contributed by atoms with E-state index < -0.39 is 6.10 Å². The number of nitrogen functional groups attached to an aromatic ring is 1. The van der Waals surface area contributed by atoms with Crippen LogP contribution in [0.4, 0.5) is 11.5 Å². The molecule has 3 N–H and O–H groups in total. The van der Waals surface area contributed by atoms with Gasteiger partial charge in [-0.15, -0.1) is 0 Å². The third kappa shape index (κ3) is 2.26. The average Bonchev–Trinajstić information content (AvgIpc) is 2.40.